The van der Waals surface area contributed by atoms with Gasteiger partial charge in [-0.2, -0.15) is 0 Å². The van der Waals surface area contributed by atoms with Gasteiger partial charge in [-0.05, 0) is 61.4 Å². The molecule has 0 saturated heterocycles. The van der Waals surface area contributed by atoms with Gasteiger partial charge in [0.05, 0.1) is 29.6 Å². The van der Waals surface area contributed by atoms with Gasteiger partial charge in [-0.25, -0.2) is 13.4 Å². The molecule has 1 aromatic heterocycles. The van der Waals surface area contributed by atoms with E-state index in [0.717, 1.165) is 11.1 Å². The number of anilines is 2. The molecule has 8 heteroatoms. The zero-order valence-corrected chi connectivity index (χ0v) is 17.1. The molecule has 150 valence electrons. The first-order chi connectivity index (χ1) is 13.8. The molecule has 2 N–H and O–H groups in total. The van der Waals surface area contributed by atoms with Gasteiger partial charge in [-0.1, -0.05) is 12.1 Å². The van der Waals surface area contributed by atoms with Gasteiger partial charge in [0.15, 0.2) is 0 Å². The highest BCUT2D eigenvalue weighted by atomic mass is 32.2. The van der Waals surface area contributed by atoms with Crippen LogP contribution in [-0.4, -0.2) is 26.4 Å². The maximum Gasteiger partial charge on any atom is 0.261 e. The number of carbonyl (C=O) groups is 1. The maximum atomic E-state index is 12.7. The van der Waals surface area contributed by atoms with Crippen LogP contribution in [0.1, 0.15) is 21.5 Å². The lowest BCUT2D eigenvalue weighted by Crippen LogP contribution is -2.15. The van der Waals surface area contributed by atoms with Crippen LogP contribution in [-0.2, 0) is 10.0 Å². The number of sulfonamides is 1. The number of rotatable bonds is 6. The van der Waals surface area contributed by atoms with Crippen LogP contribution >= 0.6 is 0 Å². The third kappa shape index (κ3) is 4.72. The predicted octanol–water partition coefficient (Wildman–Crippen LogP) is 3.76. The van der Waals surface area contributed by atoms with Gasteiger partial charge < -0.3 is 10.1 Å². The lowest BCUT2D eigenvalue weighted by atomic mass is 10.1. The Balaban J connectivity index is 1.74. The topological polar surface area (TPSA) is 97.4 Å². The Bertz CT molecular complexity index is 1130. The van der Waals surface area contributed by atoms with Gasteiger partial charge in [0.1, 0.15) is 0 Å². The van der Waals surface area contributed by atoms with Gasteiger partial charge in [0, 0.05) is 11.6 Å². The molecular formula is C21H21N3O4S. The van der Waals surface area contributed by atoms with E-state index in [1.807, 2.05) is 19.9 Å². The van der Waals surface area contributed by atoms with Gasteiger partial charge >= 0.3 is 0 Å². The van der Waals surface area contributed by atoms with E-state index in [2.05, 4.69) is 15.0 Å². The van der Waals surface area contributed by atoms with E-state index in [-0.39, 0.29) is 10.8 Å². The van der Waals surface area contributed by atoms with Crippen molar-refractivity contribution in [2.75, 3.05) is 17.1 Å². The van der Waals surface area contributed by atoms with Gasteiger partial charge in [-0.15, -0.1) is 0 Å². The number of pyridine rings is 1. The van der Waals surface area contributed by atoms with Crippen molar-refractivity contribution in [3.8, 4) is 5.88 Å². The summed E-state index contributed by atoms with van der Waals surface area (Å²) in [5.41, 5.74) is 3.21. The average Bonchev–Trinajstić information content (AvgIpc) is 2.72. The monoisotopic (exact) mass is 411 g/mol. The van der Waals surface area contributed by atoms with Gasteiger partial charge in [0.2, 0.25) is 5.88 Å². The van der Waals surface area contributed by atoms with Crippen molar-refractivity contribution in [3.05, 3.63) is 77.5 Å². The van der Waals surface area contributed by atoms with E-state index in [9.17, 15) is 13.2 Å². The molecule has 0 bridgehead atoms. The van der Waals surface area contributed by atoms with Crippen molar-refractivity contribution >= 4 is 27.3 Å². The summed E-state index contributed by atoms with van der Waals surface area (Å²) in [6.45, 7) is 3.77. The zero-order valence-electron chi connectivity index (χ0n) is 16.3. The van der Waals surface area contributed by atoms with Crippen LogP contribution in [0.3, 0.4) is 0 Å². The number of ether oxygens (including phenoxy) is 1. The zero-order chi connectivity index (χ0) is 21.0. The minimum absolute atomic E-state index is 0.0704. The third-order valence-corrected chi connectivity index (χ3v) is 5.86. The highest BCUT2D eigenvalue weighted by molar-refractivity contribution is 7.92. The van der Waals surface area contributed by atoms with Crippen LogP contribution in [0.2, 0.25) is 0 Å². The maximum absolute atomic E-state index is 12.7. The number of nitrogens with zero attached hydrogens (tertiary/aromatic N) is 1. The summed E-state index contributed by atoms with van der Waals surface area (Å²) >= 11 is 0. The van der Waals surface area contributed by atoms with Crippen LogP contribution in [0, 0.1) is 13.8 Å². The molecule has 0 aliphatic rings. The second-order valence-electron chi connectivity index (χ2n) is 6.42. The van der Waals surface area contributed by atoms with E-state index in [0.29, 0.717) is 22.8 Å². The number of carbonyl (C=O) groups excluding carboxylic acids is 1. The van der Waals surface area contributed by atoms with Crippen LogP contribution in [0.5, 0.6) is 5.88 Å². The standard InChI is InChI=1S/C21H21N3O4S/c1-14-5-4-6-19(15(14)2)24-29(26,27)18-10-7-16(8-11-18)21(25)23-17-9-12-20(28-3)22-13-17/h4-13,24H,1-3H3,(H,23,25). The number of hydrogen-bond donors (Lipinski definition) is 2. The molecule has 0 atom stereocenters. The van der Waals surface area contributed by atoms with Gasteiger partial charge in [0.25, 0.3) is 15.9 Å². The van der Waals surface area contributed by atoms with Crippen molar-refractivity contribution < 1.29 is 17.9 Å². The van der Waals surface area contributed by atoms with E-state index < -0.39 is 10.0 Å². The Hall–Kier alpha value is -3.39. The first-order valence-electron chi connectivity index (χ1n) is 8.80. The Morgan fingerprint density at radius 2 is 1.72 bits per heavy atom. The SMILES string of the molecule is COc1ccc(NC(=O)c2ccc(S(=O)(=O)Nc3cccc(C)c3C)cc2)cn1. The lowest BCUT2D eigenvalue weighted by Gasteiger charge is -2.12. The molecular weight excluding hydrogens is 390 g/mol. The normalized spacial score (nSPS) is 11.0. The van der Waals surface area contributed by atoms with Crippen molar-refractivity contribution in [2.24, 2.45) is 0 Å². The van der Waals surface area contributed by atoms with E-state index in [4.69, 9.17) is 4.74 Å². The van der Waals surface area contributed by atoms with Crippen molar-refractivity contribution in [1.29, 1.82) is 0 Å². The molecule has 0 aliphatic carbocycles. The fourth-order valence-corrected chi connectivity index (χ4v) is 3.75. The quantitative estimate of drug-likeness (QED) is 0.644. The first kappa shape index (κ1) is 20.3. The number of benzene rings is 2. The summed E-state index contributed by atoms with van der Waals surface area (Å²) in [6.07, 6.45) is 1.48. The number of methoxy groups -OCH3 is 1. The van der Waals surface area contributed by atoms with Crippen LogP contribution < -0.4 is 14.8 Å². The van der Waals surface area contributed by atoms with E-state index in [1.165, 1.54) is 37.6 Å². The number of hydrogen-bond acceptors (Lipinski definition) is 5. The third-order valence-electron chi connectivity index (χ3n) is 4.48. The summed E-state index contributed by atoms with van der Waals surface area (Å²) in [4.78, 5) is 16.5. The molecule has 3 rings (SSSR count). The molecule has 7 nitrogen and oxygen atoms in total. The summed E-state index contributed by atoms with van der Waals surface area (Å²) < 4.78 is 32.9. The van der Waals surface area contributed by atoms with E-state index in [1.54, 1.807) is 24.3 Å². The van der Waals surface area contributed by atoms with Gasteiger partial charge in [-0.3, -0.25) is 9.52 Å². The summed E-state index contributed by atoms with van der Waals surface area (Å²) in [6, 6.07) is 14.4. The predicted molar refractivity (Wildman–Crippen MR) is 112 cm³/mol. The molecule has 1 amide bonds. The second-order valence-corrected chi connectivity index (χ2v) is 8.10. The fraction of sp³-hybridized carbons (Fsp3) is 0.143. The molecule has 0 aliphatic heterocycles. The molecule has 0 radical (unpaired) electrons. The fourth-order valence-electron chi connectivity index (χ4n) is 2.63. The molecule has 3 aromatic rings. The van der Waals surface area contributed by atoms with Crippen LogP contribution in [0.15, 0.2) is 65.7 Å². The second kappa shape index (κ2) is 8.32. The average molecular weight is 411 g/mol. The molecule has 29 heavy (non-hydrogen) atoms. The number of aromatic nitrogens is 1. The summed E-state index contributed by atoms with van der Waals surface area (Å²) in [5.74, 6) is 0.0670. The Labute approximate surface area is 169 Å². The van der Waals surface area contributed by atoms with Crippen molar-refractivity contribution in [1.82, 2.24) is 4.98 Å². The molecule has 0 fully saturated rings. The lowest BCUT2D eigenvalue weighted by molar-refractivity contribution is 0.102. The number of aryl methyl sites for hydroxylation is 1. The number of amides is 1. The summed E-state index contributed by atoms with van der Waals surface area (Å²) in [7, 11) is -2.26. The summed E-state index contributed by atoms with van der Waals surface area (Å²) in [5, 5.41) is 2.70. The Morgan fingerprint density at radius 3 is 2.34 bits per heavy atom. The highest BCUT2D eigenvalue weighted by Crippen LogP contribution is 2.22. The van der Waals surface area contributed by atoms with Crippen molar-refractivity contribution in [3.63, 3.8) is 0 Å². The molecule has 0 unspecified atom stereocenters. The molecule has 2 aromatic carbocycles. The molecule has 0 spiro atoms. The highest BCUT2D eigenvalue weighted by Gasteiger charge is 2.16. The smallest absolute Gasteiger partial charge is 0.261 e. The Kier molecular flexibility index (Phi) is 5.84. The van der Waals surface area contributed by atoms with Crippen LogP contribution in [0.25, 0.3) is 0 Å². The van der Waals surface area contributed by atoms with E-state index >= 15 is 0 Å². The molecule has 1 heterocycles. The first-order valence-corrected chi connectivity index (χ1v) is 10.3. The Morgan fingerprint density at radius 1 is 1.00 bits per heavy atom. The number of nitrogens with one attached hydrogen (secondary N) is 2. The minimum Gasteiger partial charge on any atom is -0.481 e. The largest absolute Gasteiger partial charge is 0.481 e. The van der Waals surface area contributed by atoms with Crippen molar-refractivity contribution in [2.45, 2.75) is 18.7 Å². The minimum atomic E-state index is -3.77. The molecule has 0 saturated carbocycles. The van der Waals surface area contributed by atoms with Crippen LogP contribution in [0.4, 0.5) is 11.4 Å².